The summed E-state index contributed by atoms with van der Waals surface area (Å²) in [6.07, 6.45) is 4.04. The Kier molecular flexibility index (Phi) is 6.99. The molecule has 0 unspecified atom stereocenters. The fourth-order valence-electron chi connectivity index (χ4n) is 2.97. The molecule has 0 bridgehead atoms. The van der Waals surface area contributed by atoms with E-state index < -0.39 is 8.07 Å². The van der Waals surface area contributed by atoms with E-state index in [1.54, 1.807) is 0 Å². The standard InChI is InChI=1S/C21H30OSSi/c1-5-10-17-14-19(15-18(11-6-2)21(17)22)23-16-24(3,4)20-12-8-7-9-13-20/h7-9,12-15,22H,5-6,10-11,16H2,1-4H3. The minimum Gasteiger partial charge on any atom is -0.507 e. The molecule has 2 rings (SSSR count). The Morgan fingerprint density at radius 2 is 1.46 bits per heavy atom. The summed E-state index contributed by atoms with van der Waals surface area (Å²) in [7, 11) is -1.45. The van der Waals surface area contributed by atoms with E-state index in [-0.39, 0.29) is 0 Å². The van der Waals surface area contributed by atoms with Crippen LogP contribution in [-0.2, 0) is 12.8 Å². The summed E-state index contributed by atoms with van der Waals surface area (Å²) in [5.41, 5.74) is 2.23. The highest BCUT2D eigenvalue weighted by Crippen LogP contribution is 2.32. The van der Waals surface area contributed by atoms with Crippen LogP contribution in [0.15, 0.2) is 47.4 Å². The molecule has 0 amide bonds. The van der Waals surface area contributed by atoms with E-state index in [1.807, 2.05) is 11.8 Å². The lowest BCUT2D eigenvalue weighted by molar-refractivity contribution is 0.459. The highest BCUT2D eigenvalue weighted by Gasteiger charge is 2.23. The monoisotopic (exact) mass is 358 g/mol. The van der Waals surface area contributed by atoms with E-state index in [9.17, 15) is 5.11 Å². The van der Waals surface area contributed by atoms with Crippen molar-refractivity contribution in [3.63, 3.8) is 0 Å². The maximum Gasteiger partial charge on any atom is 0.122 e. The Morgan fingerprint density at radius 1 is 0.917 bits per heavy atom. The molecular weight excluding hydrogens is 328 g/mol. The first kappa shape index (κ1) is 19.1. The highest BCUT2D eigenvalue weighted by molar-refractivity contribution is 8.01. The van der Waals surface area contributed by atoms with Crippen LogP contribution in [-0.4, -0.2) is 18.6 Å². The number of hydrogen-bond donors (Lipinski definition) is 1. The molecule has 2 aromatic carbocycles. The van der Waals surface area contributed by atoms with Crippen molar-refractivity contribution in [2.45, 2.75) is 57.5 Å². The van der Waals surface area contributed by atoms with Gasteiger partial charge in [0.25, 0.3) is 0 Å². The number of thioether (sulfide) groups is 1. The number of aryl methyl sites for hydroxylation is 2. The molecule has 0 aromatic heterocycles. The van der Waals surface area contributed by atoms with E-state index in [1.165, 1.54) is 15.5 Å². The molecule has 1 nitrogen and oxygen atoms in total. The fraction of sp³-hybridized carbons (Fsp3) is 0.429. The number of hydrogen-bond acceptors (Lipinski definition) is 2. The zero-order valence-corrected chi connectivity index (χ0v) is 17.2. The molecule has 0 atom stereocenters. The largest absolute Gasteiger partial charge is 0.507 e. The Morgan fingerprint density at radius 3 is 1.96 bits per heavy atom. The van der Waals surface area contributed by atoms with Gasteiger partial charge >= 0.3 is 0 Å². The smallest absolute Gasteiger partial charge is 0.122 e. The molecule has 130 valence electrons. The minimum absolute atomic E-state index is 0.530. The van der Waals surface area contributed by atoms with Crippen LogP contribution in [0.5, 0.6) is 5.75 Å². The predicted octanol–water partition coefficient (Wildman–Crippen LogP) is 5.54. The van der Waals surface area contributed by atoms with Crippen LogP contribution in [0.1, 0.15) is 37.8 Å². The molecule has 0 saturated heterocycles. The van der Waals surface area contributed by atoms with Crippen molar-refractivity contribution in [2.75, 3.05) is 5.38 Å². The van der Waals surface area contributed by atoms with Crippen LogP contribution in [0.3, 0.4) is 0 Å². The maximum absolute atomic E-state index is 10.5. The normalized spacial score (nSPS) is 11.7. The number of benzene rings is 2. The lowest BCUT2D eigenvalue weighted by Gasteiger charge is -2.23. The molecule has 0 spiro atoms. The predicted molar refractivity (Wildman–Crippen MR) is 110 cm³/mol. The molecular formula is C21H30OSSi. The zero-order valence-electron chi connectivity index (χ0n) is 15.4. The van der Waals surface area contributed by atoms with E-state index in [0.29, 0.717) is 5.75 Å². The van der Waals surface area contributed by atoms with Crippen LogP contribution in [0.25, 0.3) is 0 Å². The molecule has 3 heteroatoms. The van der Waals surface area contributed by atoms with Gasteiger partial charge in [-0.1, -0.05) is 75.3 Å². The summed E-state index contributed by atoms with van der Waals surface area (Å²) in [6.45, 7) is 9.22. The average molecular weight is 359 g/mol. The third-order valence-corrected chi connectivity index (χ3v) is 10.4. The summed E-state index contributed by atoms with van der Waals surface area (Å²) in [4.78, 5) is 1.32. The summed E-state index contributed by atoms with van der Waals surface area (Å²) in [5.74, 6) is 0.530. The van der Waals surface area contributed by atoms with Crippen LogP contribution in [0, 0.1) is 0 Å². The molecule has 0 radical (unpaired) electrons. The average Bonchev–Trinajstić information content (AvgIpc) is 2.58. The summed E-state index contributed by atoms with van der Waals surface area (Å²) >= 11 is 1.96. The van der Waals surface area contributed by atoms with Crippen LogP contribution < -0.4 is 5.19 Å². The van der Waals surface area contributed by atoms with Gasteiger partial charge in [0.2, 0.25) is 0 Å². The SMILES string of the molecule is CCCc1cc(SC[Si](C)(C)c2ccccc2)cc(CCC)c1O. The van der Waals surface area contributed by atoms with Gasteiger partial charge < -0.3 is 5.11 Å². The van der Waals surface area contributed by atoms with Crippen LogP contribution in [0.4, 0.5) is 0 Å². The van der Waals surface area contributed by atoms with E-state index in [2.05, 4.69) is 69.4 Å². The Hall–Kier alpha value is -1.19. The van der Waals surface area contributed by atoms with Crippen molar-refractivity contribution in [1.29, 1.82) is 0 Å². The Labute approximate surface area is 152 Å². The van der Waals surface area contributed by atoms with Gasteiger partial charge in [-0.25, -0.2) is 0 Å². The number of aromatic hydroxyl groups is 1. The molecule has 0 aliphatic rings. The molecule has 0 saturated carbocycles. The van der Waals surface area contributed by atoms with Gasteiger partial charge in [0.05, 0.1) is 8.07 Å². The summed E-state index contributed by atoms with van der Waals surface area (Å²) < 4.78 is 0. The van der Waals surface area contributed by atoms with Crippen molar-refractivity contribution >= 4 is 25.0 Å². The molecule has 1 N–H and O–H groups in total. The van der Waals surface area contributed by atoms with Crippen molar-refractivity contribution in [3.8, 4) is 5.75 Å². The van der Waals surface area contributed by atoms with Crippen molar-refractivity contribution < 1.29 is 5.11 Å². The molecule has 24 heavy (non-hydrogen) atoms. The van der Waals surface area contributed by atoms with Crippen molar-refractivity contribution in [3.05, 3.63) is 53.6 Å². The molecule has 0 fully saturated rings. The van der Waals surface area contributed by atoms with E-state index >= 15 is 0 Å². The lowest BCUT2D eigenvalue weighted by atomic mass is 10.0. The summed E-state index contributed by atoms with van der Waals surface area (Å²) in [5, 5.41) is 13.2. The lowest BCUT2D eigenvalue weighted by Crippen LogP contribution is -2.44. The second-order valence-corrected chi connectivity index (χ2v) is 13.4. The Bertz CT molecular complexity index is 625. The second kappa shape index (κ2) is 8.77. The third kappa shape index (κ3) is 4.90. The maximum atomic E-state index is 10.5. The van der Waals surface area contributed by atoms with E-state index in [4.69, 9.17) is 0 Å². The zero-order chi connectivity index (χ0) is 17.6. The van der Waals surface area contributed by atoms with Gasteiger partial charge in [0, 0.05) is 4.90 Å². The van der Waals surface area contributed by atoms with E-state index in [0.717, 1.165) is 36.8 Å². The molecule has 0 heterocycles. The van der Waals surface area contributed by atoms with Crippen molar-refractivity contribution in [1.82, 2.24) is 0 Å². The number of rotatable bonds is 8. The van der Waals surface area contributed by atoms with Gasteiger partial charge in [0.1, 0.15) is 5.75 Å². The van der Waals surface area contributed by atoms with Crippen LogP contribution >= 0.6 is 11.8 Å². The quantitative estimate of drug-likeness (QED) is 0.493. The minimum atomic E-state index is -1.45. The topological polar surface area (TPSA) is 20.2 Å². The first-order valence-corrected chi connectivity index (χ1v) is 13.2. The summed E-state index contributed by atoms with van der Waals surface area (Å²) in [6, 6.07) is 15.3. The molecule has 0 aliphatic heterocycles. The first-order chi connectivity index (χ1) is 11.5. The third-order valence-electron chi connectivity index (χ3n) is 4.43. The molecule has 2 aromatic rings. The Balaban J connectivity index is 2.19. The van der Waals surface area contributed by atoms with Gasteiger partial charge in [-0.2, -0.15) is 0 Å². The fourth-order valence-corrected chi connectivity index (χ4v) is 7.29. The van der Waals surface area contributed by atoms with Gasteiger partial charge in [-0.05, 0) is 41.5 Å². The first-order valence-electron chi connectivity index (χ1n) is 9.01. The molecule has 0 aliphatic carbocycles. The van der Waals surface area contributed by atoms with Gasteiger partial charge in [-0.15, -0.1) is 11.8 Å². The van der Waals surface area contributed by atoms with Gasteiger partial charge in [-0.3, -0.25) is 0 Å². The number of phenolic OH excluding ortho intramolecular Hbond substituents is 1. The van der Waals surface area contributed by atoms with Gasteiger partial charge in [0.15, 0.2) is 0 Å². The van der Waals surface area contributed by atoms with Crippen LogP contribution in [0.2, 0.25) is 13.1 Å². The highest BCUT2D eigenvalue weighted by atomic mass is 32.2. The van der Waals surface area contributed by atoms with Crippen molar-refractivity contribution in [2.24, 2.45) is 0 Å². The number of phenols is 1. The second-order valence-electron chi connectivity index (χ2n) is 7.13.